The Hall–Kier alpha value is -0.570. The number of likely N-dealkylation sites (tertiary alicyclic amines) is 1. The Morgan fingerprint density at radius 3 is 2.53 bits per heavy atom. The molecule has 0 bridgehead atoms. The van der Waals surface area contributed by atoms with Gasteiger partial charge in [0.2, 0.25) is 5.91 Å². The van der Waals surface area contributed by atoms with E-state index in [0.29, 0.717) is 5.91 Å². The minimum Gasteiger partial charge on any atom is -0.341 e. The van der Waals surface area contributed by atoms with Crippen molar-refractivity contribution in [1.29, 1.82) is 0 Å². The van der Waals surface area contributed by atoms with E-state index in [0.717, 1.165) is 32.4 Å². The topological polar surface area (TPSA) is 46.3 Å². The lowest BCUT2D eigenvalue weighted by atomic mass is 9.75. The number of amides is 1. The van der Waals surface area contributed by atoms with Crippen LogP contribution in [0.25, 0.3) is 0 Å². The van der Waals surface area contributed by atoms with Gasteiger partial charge in [-0.3, -0.25) is 4.79 Å². The van der Waals surface area contributed by atoms with Crippen LogP contribution in [0.5, 0.6) is 0 Å². The van der Waals surface area contributed by atoms with E-state index in [-0.39, 0.29) is 11.5 Å². The van der Waals surface area contributed by atoms with Gasteiger partial charge in [0.1, 0.15) is 0 Å². The molecule has 3 heteroatoms. The van der Waals surface area contributed by atoms with Crippen molar-refractivity contribution >= 4 is 5.91 Å². The molecular weight excluding hydrogens is 188 g/mol. The number of carbonyl (C=O) groups excluding carboxylic acids is 1. The van der Waals surface area contributed by atoms with E-state index in [9.17, 15) is 4.79 Å². The molecule has 1 unspecified atom stereocenters. The van der Waals surface area contributed by atoms with E-state index < -0.39 is 0 Å². The van der Waals surface area contributed by atoms with Crippen molar-refractivity contribution in [3.63, 3.8) is 0 Å². The molecule has 15 heavy (non-hydrogen) atoms. The van der Waals surface area contributed by atoms with Crippen molar-refractivity contribution in [1.82, 2.24) is 4.90 Å². The lowest BCUT2D eigenvalue weighted by Gasteiger charge is -2.35. The standard InChI is InChI=1S/C12H22N2O/c1-12(6-3-2-4-7-12)11(15)14-8-5-10(13)9-14/h10H,2-9,13H2,1H3. The SMILES string of the molecule is CC1(C(=O)N2CCC(N)C2)CCCCC1. The lowest BCUT2D eigenvalue weighted by Crippen LogP contribution is -2.43. The fourth-order valence-electron chi connectivity index (χ4n) is 2.90. The van der Waals surface area contributed by atoms with E-state index in [4.69, 9.17) is 5.73 Å². The zero-order valence-electron chi connectivity index (χ0n) is 9.67. The van der Waals surface area contributed by atoms with E-state index in [1.165, 1.54) is 19.3 Å². The summed E-state index contributed by atoms with van der Waals surface area (Å²) in [6, 6.07) is 0.209. The second kappa shape index (κ2) is 4.12. The van der Waals surface area contributed by atoms with Crippen molar-refractivity contribution in [3.05, 3.63) is 0 Å². The highest BCUT2D eigenvalue weighted by molar-refractivity contribution is 5.82. The van der Waals surface area contributed by atoms with Gasteiger partial charge >= 0.3 is 0 Å². The molecule has 1 saturated carbocycles. The van der Waals surface area contributed by atoms with Crippen LogP contribution in [0, 0.1) is 5.41 Å². The zero-order valence-corrected chi connectivity index (χ0v) is 9.67. The van der Waals surface area contributed by atoms with Crippen LogP contribution >= 0.6 is 0 Å². The Bertz CT molecular complexity index is 246. The van der Waals surface area contributed by atoms with Crippen LogP contribution in [-0.2, 0) is 4.79 Å². The summed E-state index contributed by atoms with van der Waals surface area (Å²) in [5.41, 5.74) is 5.76. The van der Waals surface area contributed by atoms with Gasteiger partial charge in [-0.05, 0) is 19.3 Å². The lowest BCUT2D eigenvalue weighted by molar-refractivity contribution is -0.142. The molecule has 1 saturated heterocycles. The van der Waals surface area contributed by atoms with Crippen LogP contribution in [-0.4, -0.2) is 29.9 Å². The van der Waals surface area contributed by atoms with Crippen LogP contribution in [0.3, 0.4) is 0 Å². The molecule has 2 N–H and O–H groups in total. The van der Waals surface area contributed by atoms with Crippen molar-refractivity contribution < 1.29 is 4.79 Å². The molecule has 3 nitrogen and oxygen atoms in total. The van der Waals surface area contributed by atoms with E-state index in [1.54, 1.807) is 0 Å². The second-order valence-corrected chi connectivity index (χ2v) is 5.42. The number of carbonyl (C=O) groups is 1. The summed E-state index contributed by atoms with van der Waals surface area (Å²) in [4.78, 5) is 14.3. The van der Waals surface area contributed by atoms with E-state index in [1.807, 2.05) is 4.90 Å². The molecule has 0 aromatic rings. The number of nitrogens with zero attached hydrogens (tertiary/aromatic N) is 1. The fourth-order valence-corrected chi connectivity index (χ4v) is 2.90. The van der Waals surface area contributed by atoms with Crippen molar-refractivity contribution in [2.75, 3.05) is 13.1 Å². The highest BCUT2D eigenvalue weighted by atomic mass is 16.2. The van der Waals surface area contributed by atoms with Crippen LogP contribution in [0.4, 0.5) is 0 Å². The second-order valence-electron chi connectivity index (χ2n) is 5.42. The summed E-state index contributed by atoms with van der Waals surface area (Å²) >= 11 is 0. The minimum absolute atomic E-state index is 0.0810. The first-order chi connectivity index (χ1) is 7.12. The van der Waals surface area contributed by atoms with Crippen LogP contribution < -0.4 is 5.73 Å². The van der Waals surface area contributed by atoms with Crippen LogP contribution in [0.15, 0.2) is 0 Å². The third-order valence-corrected chi connectivity index (χ3v) is 3.99. The molecule has 1 aliphatic carbocycles. The number of nitrogens with two attached hydrogens (primary N) is 1. The number of hydrogen-bond donors (Lipinski definition) is 1. The molecule has 1 aliphatic heterocycles. The Labute approximate surface area is 92.0 Å². The third kappa shape index (κ3) is 2.17. The molecule has 0 aromatic heterocycles. The number of hydrogen-bond acceptors (Lipinski definition) is 2. The van der Waals surface area contributed by atoms with Crippen LogP contribution in [0.1, 0.15) is 45.4 Å². The summed E-state index contributed by atoms with van der Waals surface area (Å²) in [6.07, 6.45) is 6.82. The maximum atomic E-state index is 12.3. The Balaban J connectivity index is 1.99. The zero-order chi connectivity index (χ0) is 10.9. The predicted molar refractivity (Wildman–Crippen MR) is 60.4 cm³/mol. The van der Waals surface area contributed by atoms with Gasteiger partial charge in [0.15, 0.2) is 0 Å². The Morgan fingerprint density at radius 1 is 1.33 bits per heavy atom. The van der Waals surface area contributed by atoms with Gasteiger partial charge in [-0.2, -0.15) is 0 Å². The Morgan fingerprint density at radius 2 is 2.00 bits per heavy atom. The normalized spacial score (nSPS) is 30.5. The van der Waals surface area contributed by atoms with E-state index >= 15 is 0 Å². The highest BCUT2D eigenvalue weighted by Crippen LogP contribution is 2.37. The highest BCUT2D eigenvalue weighted by Gasteiger charge is 2.39. The molecule has 86 valence electrons. The molecule has 1 atom stereocenters. The molecule has 1 amide bonds. The van der Waals surface area contributed by atoms with Gasteiger partial charge in [-0.15, -0.1) is 0 Å². The first-order valence-electron chi connectivity index (χ1n) is 6.17. The quantitative estimate of drug-likeness (QED) is 0.713. The van der Waals surface area contributed by atoms with Crippen molar-refractivity contribution in [3.8, 4) is 0 Å². The average Bonchev–Trinajstić information content (AvgIpc) is 2.65. The molecule has 2 rings (SSSR count). The van der Waals surface area contributed by atoms with E-state index in [2.05, 4.69) is 6.92 Å². The van der Waals surface area contributed by atoms with Crippen molar-refractivity contribution in [2.45, 2.75) is 51.5 Å². The summed E-state index contributed by atoms with van der Waals surface area (Å²) in [5.74, 6) is 0.357. The predicted octanol–water partition coefficient (Wildman–Crippen LogP) is 1.52. The summed E-state index contributed by atoms with van der Waals surface area (Å²) in [6.45, 7) is 3.78. The first kappa shape index (κ1) is 10.9. The maximum absolute atomic E-state index is 12.3. The molecule has 0 radical (unpaired) electrons. The van der Waals surface area contributed by atoms with Gasteiger partial charge in [-0.1, -0.05) is 26.2 Å². The molecule has 0 spiro atoms. The minimum atomic E-state index is -0.0810. The Kier molecular flexibility index (Phi) is 3.01. The van der Waals surface area contributed by atoms with Gasteiger partial charge in [-0.25, -0.2) is 0 Å². The van der Waals surface area contributed by atoms with Crippen LogP contribution in [0.2, 0.25) is 0 Å². The first-order valence-corrected chi connectivity index (χ1v) is 6.17. The molecular formula is C12H22N2O. The molecule has 2 aliphatic rings. The average molecular weight is 210 g/mol. The fraction of sp³-hybridized carbons (Fsp3) is 0.917. The molecule has 1 heterocycles. The summed E-state index contributed by atoms with van der Waals surface area (Å²) in [5, 5.41) is 0. The van der Waals surface area contributed by atoms with Gasteiger partial charge in [0, 0.05) is 24.5 Å². The smallest absolute Gasteiger partial charge is 0.228 e. The third-order valence-electron chi connectivity index (χ3n) is 3.99. The van der Waals surface area contributed by atoms with Gasteiger partial charge in [0.05, 0.1) is 0 Å². The summed E-state index contributed by atoms with van der Waals surface area (Å²) in [7, 11) is 0. The number of rotatable bonds is 1. The molecule has 0 aromatic carbocycles. The van der Waals surface area contributed by atoms with Gasteiger partial charge in [0.25, 0.3) is 0 Å². The van der Waals surface area contributed by atoms with Crippen molar-refractivity contribution in [2.24, 2.45) is 11.1 Å². The largest absolute Gasteiger partial charge is 0.341 e. The summed E-state index contributed by atoms with van der Waals surface area (Å²) < 4.78 is 0. The van der Waals surface area contributed by atoms with Gasteiger partial charge < -0.3 is 10.6 Å². The molecule has 2 fully saturated rings. The monoisotopic (exact) mass is 210 g/mol. The maximum Gasteiger partial charge on any atom is 0.228 e.